The zero-order valence-corrected chi connectivity index (χ0v) is 30.0. The lowest BCUT2D eigenvalue weighted by Gasteiger charge is -2.17. The van der Waals surface area contributed by atoms with E-state index in [2.05, 4.69) is 169 Å². The first-order chi connectivity index (χ1) is 26.6. The Morgan fingerprint density at radius 2 is 0.926 bits per heavy atom. The van der Waals surface area contributed by atoms with E-state index >= 15 is 0 Å². The summed E-state index contributed by atoms with van der Waals surface area (Å²) in [6.45, 7) is 4.23. The highest BCUT2D eigenvalue weighted by Gasteiger charge is 2.21. The lowest BCUT2D eigenvalue weighted by molar-refractivity contribution is 1.06. The lowest BCUT2D eigenvalue weighted by atomic mass is 9.99. The summed E-state index contributed by atoms with van der Waals surface area (Å²) in [6.07, 6.45) is 1.99. The van der Waals surface area contributed by atoms with Gasteiger partial charge in [0.15, 0.2) is 0 Å². The minimum absolute atomic E-state index is 0.612. The molecule has 54 heavy (non-hydrogen) atoms. The summed E-state index contributed by atoms with van der Waals surface area (Å²) >= 11 is 0. The molecule has 3 aromatic heterocycles. The number of hydrogen-bond acceptors (Lipinski definition) is 2. The number of fused-ring (bicyclic) bond motifs is 6. The van der Waals surface area contributed by atoms with E-state index < -0.39 is 0 Å². The van der Waals surface area contributed by atoms with Gasteiger partial charge in [-0.25, -0.2) is 4.98 Å². The molecular weight excluding hydrogens is 657 g/mol. The van der Waals surface area contributed by atoms with Crippen LogP contribution in [0.15, 0.2) is 170 Å². The van der Waals surface area contributed by atoms with E-state index in [1.54, 1.807) is 0 Å². The third-order valence-electron chi connectivity index (χ3n) is 10.8. The molecule has 10 aromatic rings. The minimum atomic E-state index is 0.612. The maximum atomic E-state index is 10.4. The molecule has 254 valence electrons. The average Bonchev–Trinajstić information content (AvgIpc) is 3.73. The van der Waals surface area contributed by atoms with Crippen molar-refractivity contribution in [3.05, 3.63) is 187 Å². The number of pyridine rings is 1. The highest BCUT2D eigenvalue weighted by molar-refractivity contribution is 6.12. The molecule has 0 saturated carbocycles. The van der Waals surface area contributed by atoms with Crippen LogP contribution in [0.4, 0.5) is 0 Å². The Labute approximate surface area is 313 Å². The first-order valence-electron chi connectivity index (χ1n) is 18.3. The van der Waals surface area contributed by atoms with Crippen LogP contribution in [0.1, 0.15) is 16.7 Å². The number of aryl methyl sites for hydroxylation is 2. The molecule has 0 radical (unpaired) electrons. The zero-order valence-electron chi connectivity index (χ0n) is 30.0. The molecule has 0 fully saturated rings. The zero-order chi connectivity index (χ0) is 36.3. The highest BCUT2D eigenvalue weighted by atomic mass is 15.1. The Morgan fingerprint density at radius 1 is 0.444 bits per heavy atom. The van der Waals surface area contributed by atoms with Crippen LogP contribution in [0.2, 0.25) is 0 Å². The molecule has 0 N–H and O–H groups in total. The van der Waals surface area contributed by atoms with Crippen molar-refractivity contribution in [3.63, 3.8) is 0 Å². The van der Waals surface area contributed by atoms with E-state index in [-0.39, 0.29) is 0 Å². The van der Waals surface area contributed by atoms with Crippen molar-refractivity contribution in [2.75, 3.05) is 0 Å². The van der Waals surface area contributed by atoms with Gasteiger partial charge in [0.2, 0.25) is 0 Å². The fourth-order valence-electron chi connectivity index (χ4n) is 8.07. The van der Waals surface area contributed by atoms with Gasteiger partial charge in [-0.15, -0.1) is 0 Å². The summed E-state index contributed by atoms with van der Waals surface area (Å²) in [5, 5.41) is 15.1. The normalized spacial score (nSPS) is 11.5. The summed E-state index contributed by atoms with van der Waals surface area (Å²) < 4.78 is 4.59. The standard InChI is InChI=1S/C50H34N4/c1-32-15-19-34(20-16-32)36-23-25-42-40-11-5-7-13-45(40)53(47(42)27-36)49-31-52-50(29-44(49)39-10-4-3-9-38(39)30-51)54-46-14-8-6-12-41(46)43-26-24-37(28-48(43)54)35-21-17-33(2)18-22-35/h3-29,31H,1-2H3. The van der Waals surface area contributed by atoms with Crippen molar-refractivity contribution in [2.24, 2.45) is 0 Å². The summed E-state index contributed by atoms with van der Waals surface area (Å²) in [7, 11) is 0. The molecule has 0 aliphatic carbocycles. The Kier molecular flexibility index (Phi) is 7.28. The van der Waals surface area contributed by atoms with E-state index in [0.29, 0.717) is 5.56 Å². The third kappa shape index (κ3) is 5.02. The molecule has 0 aliphatic rings. The second kappa shape index (κ2) is 12.5. The predicted molar refractivity (Wildman–Crippen MR) is 223 cm³/mol. The molecular formula is C50H34N4. The quantitative estimate of drug-likeness (QED) is 0.180. The Balaban J connectivity index is 1.27. The van der Waals surface area contributed by atoms with Crippen LogP contribution in [0, 0.1) is 25.2 Å². The van der Waals surface area contributed by atoms with Gasteiger partial charge in [0.25, 0.3) is 0 Å². The number of benzene rings is 7. The van der Waals surface area contributed by atoms with Crippen molar-refractivity contribution in [3.8, 4) is 51.0 Å². The van der Waals surface area contributed by atoms with Crippen LogP contribution in [0.5, 0.6) is 0 Å². The monoisotopic (exact) mass is 690 g/mol. The first kappa shape index (κ1) is 31.5. The predicted octanol–water partition coefficient (Wildman–Crippen LogP) is 12.8. The number of hydrogen-bond donors (Lipinski definition) is 0. The molecule has 0 saturated heterocycles. The van der Waals surface area contributed by atoms with E-state index in [9.17, 15) is 5.26 Å². The maximum Gasteiger partial charge on any atom is 0.138 e. The van der Waals surface area contributed by atoms with Crippen molar-refractivity contribution >= 4 is 43.6 Å². The van der Waals surface area contributed by atoms with Crippen LogP contribution < -0.4 is 0 Å². The summed E-state index contributed by atoms with van der Waals surface area (Å²) in [6, 6.07) is 60.4. The molecule has 0 amide bonds. The summed E-state index contributed by atoms with van der Waals surface area (Å²) in [4.78, 5) is 5.30. The molecule has 4 heteroatoms. The van der Waals surface area contributed by atoms with Crippen LogP contribution >= 0.6 is 0 Å². The molecule has 0 spiro atoms. The smallest absolute Gasteiger partial charge is 0.138 e. The molecule has 0 unspecified atom stereocenters. The SMILES string of the molecule is Cc1ccc(-c2ccc3c4ccccc4n(-c4cc(-c5ccccc5C#N)c(-n5c6ccccc6c6ccc(-c7ccc(C)cc7)cc65)cn4)c3c2)cc1. The maximum absolute atomic E-state index is 10.4. The summed E-state index contributed by atoms with van der Waals surface area (Å²) in [5.74, 6) is 0.787. The highest BCUT2D eigenvalue weighted by Crippen LogP contribution is 2.41. The Hall–Kier alpha value is -7.22. The minimum Gasteiger partial charge on any atom is -0.307 e. The Morgan fingerprint density at radius 3 is 1.52 bits per heavy atom. The number of nitriles is 1. The Bertz CT molecular complexity index is 3120. The van der Waals surface area contributed by atoms with Gasteiger partial charge in [0.05, 0.1) is 45.6 Å². The topological polar surface area (TPSA) is 46.5 Å². The first-order valence-corrected chi connectivity index (χ1v) is 18.3. The molecule has 0 atom stereocenters. The van der Waals surface area contributed by atoms with E-state index in [1.165, 1.54) is 27.6 Å². The van der Waals surface area contributed by atoms with E-state index in [1.807, 2.05) is 30.5 Å². The van der Waals surface area contributed by atoms with Crippen molar-refractivity contribution in [2.45, 2.75) is 13.8 Å². The molecule has 7 aromatic carbocycles. The number of aromatic nitrogens is 3. The second-order valence-corrected chi connectivity index (χ2v) is 14.1. The van der Waals surface area contributed by atoms with Gasteiger partial charge in [-0.2, -0.15) is 5.26 Å². The van der Waals surface area contributed by atoms with Gasteiger partial charge < -0.3 is 4.57 Å². The van der Waals surface area contributed by atoms with Crippen molar-refractivity contribution in [1.29, 1.82) is 5.26 Å². The molecule has 0 bridgehead atoms. The average molecular weight is 691 g/mol. The third-order valence-corrected chi connectivity index (χ3v) is 10.8. The number of nitrogens with zero attached hydrogens (tertiary/aromatic N) is 4. The van der Waals surface area contributed by atoms with Gasteiger partial charge in [-0.1, -0.05) is 139 Å². The van der Waals surface area contributed by atoms with Crippen LogP contribution in [0.25, 0.3) is 88.5 Å². The van der Waals surface area contributed by atoms with E-state index in [0.717, 1.165) is 72.0 Å². The summed E-state index contributed by atoms with van der Waals surface area (Å²) in [5.41, 5.74) is 14.7. The van der Waals surface area contributed by atoms with Gasteiger partial charge in [0, 0.05) is 32.7 Å². The second-order valence-electron chi connectivity index (χ2n) is 14.1. The fourth-order valence-corrected chi connectivity index (χ4v) is 8.07. The van der Waals surface area contributed by atoms with Gasteiger partial charge >= 0.3 is 0 Å². The van der Waals surface area contributed by atoms with E-state index in [4.69, 9.17) is 4.98 Å². The van der Waals surface area contributed by atoms with Crippen LogP contribution in [-0.4, -0.2) is 14.1 Å². The van der Waals surface area contributed by atoms with Gasteiger partial charge in [-0.3, -0.25) is 4.57 Å². The van der Waals surface area contributed by atoms with Crippen LogP contribution in [0.3, 0.4) is 0 Å². The molecule has 3 heterocycles. The van der Waals surface area contributed by atoms with Crippen molar-refractivity contribution < 1.29 is 0 Å². The molecule has 0 aliphatic heterocycles. The lowest BCUT2D eigenvalue weighted by Crippen LogP contribution is -2.04. The van der Waals surface area contributed by atoms with Crippen LogP contribution in [-0.2, 0) is 0 Å². The number of para-hydroxylation sites is 2. The molecule has 4 nitrogen and oxygen atoms in total. The molecule has 10 rings (SSSR count). The van der Waals surface area contributed by atoms with Gasteiger partial charge in [-0.05, 0) is 72.5 Å². The fraction of sp³-hybridized carbons (Fsp3) is 0.0400. The number of rotatable bonds is 5. The largest absolute Gasteiger partial charge is 0.307 e. The van der Waals surface area contributed by atoms with Crippen molar-refractivity contribution in [1.82, 2.24) is 14.1 Å². The van der Waals surface area contributed by atoms with Gasteiger partial charge in [0.1, 0.15) is 5.82 Å².